The first-order valence-corrected chi connectivity index (χ1v) is 8.19. The van der Waals surface area contributed by atoms with E-state index in [1.54, 1.807) is 6.92 Å². The van der Waals surface area contributed by atoms with Gasteiger partial charge in [-0.1, -0.05) is 12.1 Å². The number of aromatic nitrogens is 2. The Balaban J connectivity index is 1.84. The molecular weight excluding hydrogens is 349 g/mol. The number of benzene rings is 1. The van der Waals surface area contributed by atoms with Gasteiger partial charge in [0.2, 0.25) is 5.91 Å². The van der Waals surface area contributed by atoms with E-state index in [9.17, 15) is 18.0 Å². The van der Waals surface area contributed by atoms with Crippen LogP contribution in [0.15, 0.2) is 30.3 Å². The van der Waals surface area contributed by atoms with E-state index in [1.807, 2.05) is 0 Å². The molecule has 0 aliphatic carbocycles. The van der Waals surface area contributed by atoms with E-state index in [2.05, 4.69) is 15.7 Å². The lowest BCUT2D eigenvalue weighted by Gasteiger charge is -2.23. The minimum absolute atomic E-state index is 0.122. The first-order valence-electron chi connectivity index (χ1n) is 8.19. The molecule has 1 aliphatic rings. The molecule has 1 unspecified atom stereocenters. The van der Waals surface area contributed by atoms with E-state index in [0.29, 0.717) is 25.5 Å². The third-order valence-electron chi connectivity index (χ3n) is 3.97. The van der Waals surface area contributed by atoms with Gasteiger partial charge in [-0.2, -0.15) is 18.3 Å². The monoisotopic (exact) mass is 368 g/mol. The number of amides is 1. The van der Waals surface area contributed by atoms with E-state index in [4.69, 9.17) is 4.74 Å². The highest BCUT2D eigenvalue weighted by Gasteiger charge is 2.34. The molecule has 2 N–H and O–H groups in total. The van der Waals surface area contributed by atoms with Gasteiger partial charge in [0, 0.05) is 25.1 Å². The van der Waals surface area contributed by atoms with Crippen LogP contribution in [-0.2, 0) is 15.7 Å². The van der Waals surface area contributed by atoms with Crippen molar-refractivity contribution in [3.8, 4) is 5.69 Å². The molecule has 1 fully saturated rings. The van der Waals surface area contributed by atoms with E-state index in [0.717, 1.165) is 10.7 Å². The summed E-state index contributed by atoms with van der Waals surface area (Å²) in [5.74, 6) is -0.125. The van der Waals surface area contributed by atoms with E-state index >= 15 is 0 Å². The number of aryl methyl sites for hydroxylation is 1. The number of nitrogens with zero attached hydrogens (tertiary/aromatic N) is 2. The summed E-state index contributed by atoms with van der Waals surface area (Å²) >= 11 is 0. The summed E-state index contributed by atoms with van der Waals surface area (Å²) in [7, 11) is 0. The molecule has 6 nitrogen and oxygen atoms in total. The van der Waals surface area contributed by atoms with Crippen LogP contribution in [0, 0.1) is 6.92 Å². The lowest BCUT2D eigenvalue weighted by molar-refractivity contribution is -0.137. The number of halogens is 3. The van der Waals surface area contributed by atoms with Gasteiger partial charge in [0.05, 0.1) is 30.2 Å². The van der Waals surface area contributed by atoms with Crippen LogP contribution in [0.1, 0.15) is 17.7 Å². The zero-order valence-electron chi connectivity index (χ0n) is 14.1. The second-order valence-electron chi connectivity index (χ2n) is 6.08. The number of ether oxygens (including phenoxy) is 1. The van der Waals surface area contributed by atoms with Crippen LogP contribution in [0.2, 0.25) is 0 Å². The summed E-state index contributed by atoms with van der Waals surface area (Å²) in [6.07, 6.45) is -4.37. The Labute approximate surface area is 148 Å². The van der Waals surface area contributed by atoms with Gasteiger partial charge in [-0.15, -0.1) is 0 Å². The Bertz CT molecular complexity index is 783. The molecule has 26 heavy (non-hydrogen) atoms. The average Bonchev–Trinajstić information content (AvgIpc) is 2.95. The average molecular weight is 368 g/mol. The molecule has 1 aromatic carbocycles. The van der Waals surface area contributed by atoms with E-state index < -0.39 is 11.7 Å². The molecule has 9 heteroatoms. The maximum atomic E-state index is 13.3. The van der Waals surface area contributed by atoms with Crippen LogP contribution in [0.25, 0.3) is 5.69 Å². The number of hydrogen-bond acceptors (Lipinski definition) is 4. The van der Waals surface area contributed by atoms with Crippen molar-refractivity contribution in [3.05, 3.63) is 41.6 Å². The largest absolute Gasteiger partial charge is 0.418 e. The summed E-state index contributed by atoms with van der Waals surface area (Å²) in [5.41, 5.74) is -0.458. The minimum Gasteiger partial charge on any atom is -0.378 e. The molecule has 2 heterocycles. The Morgan fingerprint density at radius 2 is 2.19 bits per heavy atom. The van der Waals surface area contributed by atoms with Gasteiger partial charge in [0.25, 0.3) is 0 Å². The Morgan fingerprint density at radius 3 is 2.88 bits per heavy atom. The van der Waals surface area contributed by atoms with E-state index in [1.165, 1.54) is 24.3 Å². The fourth-order valence-electron chi connectivity index (χ4n) is 2.84. The molecule has 1 amide bonds. The van der Waals surface area contributed by atoms with Crippen LogP contribution >= 0.6 is 0 Å². The van der Waals surface area contributed by atoms with Gasteiger partial charge >= 0.3 is 6.18 Å². The molecule has 0 saturated carbocycles. The molecule has 3 rings (SSSR count). The number of carbonyl (C=O) groups is 1. The van der Waals surface area contributed by atoms with Crippen molar-refractivity contribution in [1.82, 2.24) is 15.1 Å². The van der Waals surface area contributed by atoms with Gasteiger partial charge in [0.1, 0.15) is 5.82 Å². The number of nitrogens with one attached hydrogen (secondary N) is 2. The van der Waals surface area contributed by atoms with Crippen LogP contribution in [-0.4, -0.2) is 41.5 Å². The minimum atomic E-state index is -4.53. The number of alkyl halides is 3. The van der Waals surface area contributed by atoms with Crippen molar-refractivity contribution in [2.45, 2.75) is 25.6 Å². The van der Waals surface area contributed by atoms with Crippen LogP contribution < -0.4 is 10.6 Å². The Morgan fingerprint density at radius 1 is 1.42 bits per heavy atom. The molecule has 0 spiro atoms. The predicted octanol–water partition coefficient (Wildman–Crippen LogP) is 2.52. The van der Waals surface area contributed by atoms with Crippen LogP contribution in [0.3, 0.4) is 0 Å². The second kappa shape index (κ2) is 7.46. The number of para-hydroxylation sites is 1. The van der Waals surface area contributed by atoms with Crippen molar-refractivity contribution in [2.24, 2.45) is 0 Å². The van der Waals surface area contributed by atoms with Crippen molar-refractivity contribution >= 4 is 11.7 Å². The SMILES string of the molecule is Cc1cc(NC(=O)CC2COCCN2)n(-c2ccccc2C(F)(F)F)n1. The normalized spacial score (nSPS) is 17.9. The molecule has 1 saturated heterocycles. The summed E-state index contributed by atoms with van der Waals surface area (Å²) < 4.78 is 46.3. The number of morpholine rings is 1. The van der Waals surface area contributed by atoms with Crippen LogP contribution in [0.5, 0.6) is 0 Å². The molecule has 1 aromatic heterocycles. The van der Waals surface area contributed by atoms with Gasteiger partial charge in [-0.25, -0.2) is 4.68 Å². The molecule has 140 valence electrons. The zero-order valence-corrected chi connectivity index (χ0v) is 14.1. The highest BCUT2D eigenvalue weighted by molar-refractivity contribution is 5.90. The quantitative estimate of drug-likeness (QED) is 0.870. The molecule has 1 atom stereocenters. The third-order valence-corrected chi connectivity index (χ3v) is 3.97. The van der Waals surface area contributed by atoms with E-state index in [-0.39, 0.29) is 29.9 Å². The molecule has 0 radical (unpaired) electrons. The molecular formula is C17H19F3N4O2. The summed E-state index contributed by atoms with van der Waals surface area (Å²) in [5, 5.41) is 9.93. The maximum Gasteiger partial charge on any atom is 0.418 e. The lowest BCUT2D eigenvalue weighted by atomic mass is 10.1. The molecule has 1 aliphatic heterocycles. The number of carbonyl (C=O) groups excluding carboxylic acids is 1. The topological polar surface area (TPSA) is 68.2 Å². The molecule has 0 bridgehead atoms. The highest BCUT2D eigenvalue weighted by atomic mass is 19.4. The fraction of sp³-hybridized carbons (Fsp3) is 0.412. The summed E-state index contributed by atoms with van der Waals surface area (Å²) in [6.45, 7) is 3.33. The number of rotatable bonds is 4. The van der Waals surface area contributed by atoms with Gasteiger partial charge in [-0.3, -0.25) is 4.79 Å². The molecule has 2 aromatic rings. The van der Waals surface area contributed by atoms with Crippen LogP contribution in [0.4, 0.5) is 19.0 Å². The third kappa shape index (κ3) is 4.23. The fourth-order valence-corrected chi connectivity index (χ4v) is 2.84. The Kier molecular flexibility index (Phi) is 5.28. The predicted molar refractivity (Wildman–Crippen MR) is 89.2 cm³/mol. The lowest BCUT2D eigenvalue weighted by Crippen LogP contribution is -2.43. The van der Waals surface area contributed by atoms with Crippen molar-refractivity contribution in [3.63, 3.8) is 0 Å². The first-order chi connectivity index (χ1) is 12.3. The van der Waals surface area contributed by atoms with Gasteiger partial charge < -0.3 is 15.4 Å². The van der Waals surface area contributed by atoms with Crippen molar-refractivity contribution < 1.29 is 22.7 Å². The second-order valence-corrected chi connectivity index (χ2v) is 6.08. The highest BCUT2D eigenvalue weighted by Crippen LogP contribution is 2.34. The van der Waals surface area contributed by atoms with Gasteiger partial charge in [-0.05, 0) is 19.1 Å². The zero-order chi connectivity index (χ0) is 18.7. The maximum absolute atomic E-state index is 13.3. The first kappa shape index (κ1) is 18.4. The Hall–Kier alpha value is -2.39. The standard InChI is InChI=1S/C17H19F3N4O2/c1-11-8-15(22-16(25)9-12-10-26-7-6-21-12)24(23-11)14-5-3-2-4-13(14)17(18,19)20/h2-5,8,12,21H,6-7,9-10H2,1H3,(H,22,25). The summed E-state index contributed by atoms with van der Waals surface area (Å²) in [6, 6.07) is 6.54. The summed E-state index contributed by atoms with van der Waals surface area (Å²) in [4.78, 5) is 12.3. The smallest absolute Gasteiger partial charge is 0.378 e. The number of anilines is 1. The van der Waals surface area contributed by atoms with Crippen molar-refractivity contribution in [1.29, 1.82) is 0 Å². The van der Waals surface area contributed by atoms with Crippen molar-refractivity contribution in [2.75, 3.05) is 25.1 Å². The van der Waals surface area contributed by atoms with Gasteiger partial charge in [0.15, 0.2) is 0 Å². The number of hydrogen-bond donors (Lipinski definition) is 2.